The van der Waals surface area contributed by atoms with Crippen LogP contribution in [0.4, 0.5) is 5.69 Å². The summed E-state index contributed by atoms with van der Waals surface area (Å²) in [5.41, 5.74) is 2.02. The predicted molar refractivity (Wildman–Crippen MR) is 79.3 cm³/mol. The van der Waals surface area contributed by atoms with Crippen LogP contribution in [-0.2, 0) is 11.2 Å². The van der Waals surface area contributed by atoms with Crippen LogP contribution in [0.2, 0.25) is 0 Å². The first-order chi connectivity index (χ1) is 9.72. The number of fused-ring (bicyclic) bond motifs is 1. The summed E-state index contributed by atoms with van der Waals surface area (Å²) in [5.74, 6) is 1.64. The van der Waals surface area contributed by atoms with Crippen molar-refractivity contribution in [2.24, 2.45) is 4.99 Å². The van der Waals surface area contributed by atoms with Gasteiger partial charge in [-0.05, 0) is 30.2 Å². The average molecular weight is 276 g/mol. The molecular formula is C14H20N4O2. The molecule has 0 unspecified atom stereocenters. The van der Waals surface area contributed by atoms with Gasteiger partial charge in [-0.15, -0.1) is 0 Å². The summed E-state index contributed by atoms with van der Waals surface area (Å²) in [4.78, 5) is 15.3. The zero-order chi connectivity index (χ0) is 14.4. The quantitative estimate of drug-likeness (QED) is 0.431. The van der Waals surface area contributed by atoms with Crippen molar-refractivity contribution in [1.82, 2.24) is 10.6 Å². The van der Waals surface area contributed by atoms with Crippen molar-refractivity contribution in [2.45, 2.75) is 12.8 Å². The van der Waals surface area contributed by atoms with Gasteiger partial charge in [-0.25, -0.2) is 0 Å². The number of carbonyl (C=O) groups is 1. The molecule has 1 aromatic carbocycles. The number of ether oxygens (including phenoxy) is 1. The molecule has 1 amide bonds. The maximum absolute atomic E-state index is 11.3. The molecular weight excluding hydrogens is 256 g/mol. The fraction of sp³-hybridized carbons (Fsp3) is 0.429. The molecule has 0 radical (unpaired) electrons. The summed E-state index contributed by atoms with van der Waals surface area (Å²) >= 11 is 0. The van der Waals surface area contributed by atoms with E-state index in [4.69, 9.17) is 4.74 Å². The molecule has 0 saturated carbocycles. The number of aliphatic imine (C=N–C) groups is 1. The van der Waals surface area contributed by atoms with Crippen molar-refractivity contribution in [3.8, 4) is 5.75 Å². The van der Waals surface area contributed by atoms with Gasteiger partial charge in [0, 0.05) is 26.2 Å². The Kier molecular flexibility index (Phi) is 4.81. The summed E-state index contributed by atoms with van der Waals surface area (Å²) in [5, 5.41) is 8.91. The number of aryl methyl sites for hydroxylation is 1. The zero-order valence-electron chi connectivity index (χ0n) is 11.8. The third kappa shape index (κ3) is 3.63. The molecule has 20 heavy (non-hydrogen) atoms. The molecule has 0 aromatic heterocycles. The lowest BCUT2D eigenvalue weighted by Gasteiger charge is -2.17. The number of benzene rings is 1. The number of carbonyl (C=O) groups excluding carboxylic acids is 1. The number of hydrogen-bond acceptors (Lipinski definition) is 3. The van der Waals surface area contributed by atoms with Crippen LogP contribution in [0, 0.1) is 0 Å². The second kappa shape index (κ2) is 6.79. The molecule has 108 valence electrons. The second-order valence-electron chi connectivity index (χ2n) is 4.46. The van der Waals surface area contributed by atoms with Gasteiger partial charge in [-0.1, -0.05) is 0 Å². The molecule has 0 bridgehead atoms. The summed E-state index contributed by atoms with van der Waals surface area (Å²) in [6, 6.07) is 5.75. The highest BCUT2D eigenvalue weighted by Gasteiger charge is 2.14. The normalized spacial score (nSPS) is 14.3. The number of nitrogens with zero attached hydrogens (tertiary/aromatic N) is 1. The van der Waals surface area contributed by atoms with Gasteiger partial charge in [0.2, 0.25) is 5.91 Å². The largest absolute Gasteiger partial charge is 0.492 e. The van der Waals surface area contributed by atoms with Crippen LogP contribution in [0.25, 0.3) is 0 Å². The van der Waals surface area contributed by atoms with Crippen LogP contribution in [0.3, 0.4) is 0 Å². The van der Waals surface area contributed by atoms with Gasteiger partial charge in [-0.2, -0.15) is 0 Å². The fourth-order valence-corrected chi connectivity index (χ4v) is 2.07. The minimum absolute atomic E-state index is 0.0776. The smallest absolute Gasteiger partial charge is 0.224 e. The van der Waals surface area contributed by atoms with Crippen LogP contribution >= 0.6 is 0 Å². The zero-order valence-corrected chi connectivity index (χ0v) is 11.8. The summed E-state index contributed by atoms with van der Waals surface area (Å²) in [6.45, 7) is 1.22. The van der Waals surface area contributed by atoms with E-state index in [1.165, 1.54) is 0 Å². The topological polar surface area (TPSA) is 74.8 Å². The first kappa shape index (κ1) is 14.2. The molecule has 6 heteroatoms. The molecule has 1 aromatic rings. The van der Waals surface area contributed by atoms with Gasteiger partial charge in [-0.3, -0.25) is 9.79 Å². The Labute approximate surface area is 118 Å². The highest BCUT2D eigenvalue weighted by molar-refractivity contribution is 5.94. The monoisotopic (exact) mass is 276 g/mol. The molecule has 2 rings (SSSR count). The molecule has 1 heterocycles. The number of guanidine groups is 1. The van der Waals surface area contributed by atoms with E-state index in [1.54, 1.807) is 7.05 Å². The number of rotatable bonds is 4. The van der Waals surface area contributed by atoms with Crippen molar-refractivity contribution in [2.75, 3.05) is 32.6 Å². The number of anilines is 1. The van der Waals surface area contributed by atoms with Crippen LogP contribution in [0.1, 0.15) is 12.0 Å². The van der Waals surface area contributed by atoms with Crippen molar-refractivity contribution in [3.63, 3.8) is 0 Å². The van der Waals surface area contributed by atoms with E-state index in [-0.39, 0.29) is 5.91 Å². The second-order valence-corrected chi connectivity index (χ2v) is 4.46. The Bertz CT molecular complexity index is 514. The molecule has 6 nitrogen and oxygen atoms in total. The van der Waals surface area contributed by atoms with Crippen LogP contribution in [0.5, 0.6) is 5.75 Å². The van der Waals surface area contributed by atoms with E-state index in [2.05, 4.69) is 20.9 Å². The molecule has 0 atom stereocenters. The number of amides is 1. The third-order valence-electron chi connectivity index (χ3n) is 3.10. The van der Waals surface area contributed by atoms with Gasteiger partial charge in [0.1, 0.15) is 12.4 Å². The summed E-state index contributed by atoms with van der Waals surface area (Å²) in [6.07, 6.45) is 1.31. The lowest BCUT2D eigenvalue weighted by molar-refractivity contribution is -0.116. The molecule has 0 saturated heterocycles. The summed E-state index contributed by atoms with van der Waals surface area (Å²) in [7, 11) is 3.53. The Balaban J connectivity index is 1.84. The van der Waals surface area contributed by atoms with E-state index in [0.717, 1.165) is 29.4 Å². The standard InChI is InChI=1S/C14H20N4O2/c1-15-14(16-2)17-7-8-20-11-4-5-12-10(9-11)3-6-13(19)18-12/h4-5,9H,3,6-8H2,1-2H3,(H,18,19)(H2,15,16,17). The van der Waals surface area contributed by atoms with Gasteiger partial charge in [0.15, 0.2) is 5.96 Å². The summed E-state index contributed by atoms with van der Waals surface area (Å²) < 4.78 is 5.68. The van der Waals surface area contributed by atoms with Gasteiger partial charge in [0.25, 0.3) is 0 Å². The Morgan fingerprint density at radius 1 is 1.45 bits per heavy atom. The van der Waals surface area contributed by atoms with Crippen molar-refractivity contribution in [1.29, 1.82) is 0 Å². The Morgan fingerprint density at radius 3 is 3.05 bits per heavy atom. The molecule has 1 aliphatic rings. The lowest BCUT2D eigenvalue weighted by atomic mass is 10.0. The molecule has 0 spiro atoms. The van der Waals surface area contributed by atoms with Crippen molar-refractivity contribution >= 4 is 17.6 Å². The molecule has 0 fully saturated rings. The number of nitrogens with one attached hydrogen (secondary N) is 3. The van der Waals surface area contributed by atoms with Crippen molar-refractivity contribution in [3.05, 3.63) is 23.8 Å². The van der Waals surface area contributed by atoms with E-state index < -0.39 is 0 Å². The molecule has 3 N–H and O–H groups in total. The van der Waals surface area contributed by atoms with Crippen LogP contribution in [0.15, 0.2) is 23.2 Å². The first-order valence-corrected chi connectivity index (χ1v) is 6.67. The van der Waals surface area contributed by atoms with E-state index in [1.807, 2.05) is 25.2 Å². The minimum atomic E-state index is 0.0776. The van der Waals surface area contributed by atoms with Crippen molar-refractivity contribution < 1.29 is 9.53 Å². The molecule has 0 aliphatic carbocycles. The van der Waals surface area contributed by atoms with Crippen LogP contribution < -0.4 is 20.7 Å². The maximum atomic E-state index is 11.3. The lowest BCUT2D eigenvalue weighted by Crippen LogP contribution is -2.37. The maximum Gasteiger partial charge on any atom is 0.224 e. The van der Waals surface area contributed by atoms with E-state index in [9.17, 15) is 4.79 Å². The highest BCUT2D eigenvalue weighted by atomic mass is 16.5. The Hall–Kier alpha value is -2.24. The van der Waals surface area contributed by atoms with Gasteiger partial charge < -0.3 is 20.7 Å². The minimum Gasteiger partial charge on any atom is -0.492 e. The van der Waals surface area contributed by atoms with E-state index in [0.29, 0.717) is 19.6 Å². The van der Waals surface area contributed by atoms with Gasteiger partial charge in [0.05, 0.1) is 6.54 Å². The van der Waals surface area contributed by atoms with E-state index >= 15 is 0 Å². The SMILES string of the molecule is CN=C(NC)NCCOc1ccc2c(c1)CCC(=O)N2. The Morgan fingerprint density at radius 2 is 2.30 bits per heavy atom. The van der Waals surface area contributed by atoms with Crippen LogP contribution in [-0.4, -0.2) is 39.1 Å². The highest BCUT2D eigenvalue weighted by Crippen LogP contribution is 2.26. The number of hydrogen-bond donors (Lipinski definition) is 3. The molecule has 1 aliphatic heterocycles. The average Bonchev–Trinajstić information content (AvgIpc) is 2.47. The fourth-order valence-electron chi connectivity index (χ4n) is 2.07. The predicted octanol–water partition coefficient (Wildman–Crippen LogP) is 0.745. The first-order valence-electron chi connectivity index (χ1n) is 6.67. The van der Waals surface area contributed by atoms with Gasteiger partial charge >= 0.3 is 0 Å². The third-order valence-corrected chi connectivity index (χ3v) is 3.10.